The highest BCUT2D eigenvalue weighted by molar-refractivity contribution is 9.09. The molecule has 88 valence electrons. The van der Waals surface area contributed by atoms with E-state index in [1.54, 1.807) is 11.8 Å². The fraction of sp³-hybridized carbons (Fsp3) is 0.909. The number of hydrogen-bond acceptors (Lipinski definition) is 2. The standard InChI is InChI=1S/C11H20BrNOS/c1-15-9-6-11(14)13-8-3-2-4-10(13)5-7-12/h10H,2-9H2,1H3. The van der Waals surface area contributed by atoms with Gasteiger partial charge in [-0.3, -0.25) is 4.79 Å². The predicted molar refractivity (Wildman–Crippen MR) is 70.8 cm³/mol. The molecule has 0 spiro atoms. The van der Waals surface area contributed by atoms with Crippen LogP contribution < -0.4 is 0 Å². The van der Waals surface area contributed by atoms with E-state index in [-0.39, 0.29) is 0 Å². The molecule has 1 heterocycles. The third kappa shape index (κ3) is 4.35. The number of alkyl halides is 1. The van der Waals surface area contributed by atoms with Crippen LogP contribution in [-0.2, 0) is 4.79 Å². The summed E-state index contributed by atoms with van der Waals surface area (Å²) in [5.74, 6) is 1.31. The second kappa shape index (κ2) is 7.55. The molecule has 1 fully saturated rings. The van der Waals surface area contributed by atoms with Crippen LogP contribution in [0.2, 0.25) is 0 Å². The van der Waals surface area contributed by atoms with Crippen molar-refractivity contribution in [2.75, 3.05) is 23.9 Å². The lowest BCUT2D eigenvalue weighted by Gasteiger charge is -2.35. The number of carbonyl (C=O) groups excluding carboxylic acids is 1. The van der Waals surface area contributed by atoms with Crippen LogP contribution in [0.1, 0.15) is 32.1 Å². The predicted octanol–water partition coefficient (Wildman–Crippen LogP) is 2.91. The molecule has 1 amide bonds. The summed E-state index contributed by atoms with van der Waals surface area (Å²) in [6, 6.07) is 0.493. The number of thioether (sulfide) groups is 1. The van der Waals surface area contributed by atoms with Gasteiger partial charge in [-0.05, 0) is 31.9 Å². The Kier molecular flexibility index (Phi) is 6.73. The minimum absolute atomic E-state index is 0.356. The van der Waals surface area contributed by atoms with E-state index in [1.807, 2.05) is 0 Å². The van der Waals surface area contributed by atoms with Crippen LogP contribution in [0, 0.1) is 0 Å². The summed E-state index contributed by atoms with van der Waals surface area (Å²) < 4.78 is 0. The first-order valence-corrected chi connectivity index (χ1v) is 8.15. The van der Waals surface area contributed by atoms with Crippen LogP contribution >= 0.6 is 27.7 Å². The number of halogens is 1. The van der Waals surface area contributed by atoms with Crippen molar-refractivity contribution >= 4 is 33.6 Å². The van der Waals surface area contributed by atoms with Gasteiger partial charge < -0.3 is 4.90 Å². The van der Waals surface area contributed by atoms with Crippen LogP contribution in [0.15, 0.2) is 0 Å². The summed E-state index contributed by atoms with van der Waals surface area (Å²) in [5.41, 5.74) is 0. The van der Waals surface area contributed by atoms with Crippen molar-refractivity contribution in [2.45, 2.75) is 38.1 Å². The summed E-state index contributed by atoms with van der Waals surface area (Å²) in [7, 11) is 0. The number of nitrogens with zero attached hydrogens (tertiary/aromatic N) is 1. The molecule has 0 aromatic carbocycles. The average Bonchev–Trinajstić information content (AvgIpc) is 2.27. The fourth-order valence-corrected chi connectivity index (χ4v) is 3.00. The van der Waals surface area contributed by atoms with Gasteiger partial charge in [0, 0.05) is 30.1 Å². The van der Waals surface area contributed by atoms with Gasteiger partial charge in [0.1, 0.15) is 0 Å². The third-order valence-electron chi connectivity index (χ3n) is 2.91. The minimum atomic E-state index is 0.356. The summed E-state index contributed by atoms with van der Waals surface area (Å²) >= 11 is 5.22. The molecule has 15 heavy (non-hydrogen) atoms. The van der Waals surface area contributed by atoms with Gasteiger partial charge in [0.2, 0.25) is 5.91 Å². The monoisotopic (exact) mass is 293 g/mol. The van der Waals surface area contributed by atoms with Crippen LogP contribution in [-0.4, -0.2) is 40.7 Å². The smallest absolute Gasteiger partial charge is 0.223 e. The molecule has 1 aliphatic heterocycles. The second-order valence-electron chi connectivity index (χ2n) is 3.96. The van der Waals surface area contributed by atoms with E-state index < -0.39 is 0 Å². The Labute approximate surface area is 105 Å². The molecule has 2 nitrogen and oxygen atoms in total. The van der Waals surface area contributed by atoms with E-state index in [9.17, 15) is 4.79 Å². The van der Waals surface area contributed by atoms with Gasteiger partial charge in [-0.2, -0.15) is 11.8 Å². The number of amides is 1. The topological polar surface area (TPSA) is 20.3 Å². The van der Waals surface area contributed by atoms with Gasteiger partial charge >= 0.3 is 0 Å². The summed E-state index contributed by atoms with van der Waals surface area (Å²) in [4.78, 5) is 14.1. The lowest BCUT2D eigenvalue weighted by molar-refractivity contribution is -0.134. The molecule has 0 saturated carbocycles. The molecule has 0 N–H and O–H groups in total. The van der Waals surface area contributed by atoms with Gasteiger partial charge in [-0.1, -0.05) is 15.9 Å². The van der Waals surface area contributed by atoms with Crippen LogP contribution in [0.5, 0.6) is 0 Å². The van der Waals surface area contributed by atoms with Crippen molar-refractivity contribution < 1.29 is 4.79 Å². The first kappa shape index (κ1) is 13.4. The molecule has 0 radical (unpaired) electrons. The lowest BCUT2D eigenvalue weighted by Crippen LogP contribution is -2.44. The molecule has 0 aromatic heterocycles. The number of piperidine rings is 1. The van der Waals surface area contributed by atoms with Gasteiger partial charge in [0.25, 0.3) is 0 Å². The van der Waals surface area contributed by atoms with E-state index in [4.69, 9.17) is 0 Å². The first-order valence-electron chi connectivity index (χ1n) is 5.64. The maximum Gasteiger partial charge on any atom is 0.223 e. The maximum atomic E-state index is 11.9. The second-order valence-corrected chi connectivity index (χ2v) is 5.74. The zero-order valence-electron chi connectivity index (χ0n) is 9.38. The van der Waals surface area contributed by atoms with E-state index >= 15 is 0 Å². The molecule has 1 rings (SSSR count). The number of carbonyl (C=O) groups is 1. The molecule has 0 aliphatic carbocycles. The third-order valence-corrected chi connectivity index (χ3v) is 3.98. The van der Waals surface area contributed by atoms with Gasteiger partial charge in [0.05, 0.1) is 0 Å². The van der Waals surface area contributed by atoms with Gasteiger partial charge in [0.15, 0.2) is 0 Å². The van der Waals surface area contributed by atoms with Crippen LogP contribution in [0.25, 0.3) is 0 Å². The van der Waals surface area contributed by atoms with E-state index in [0.717, 1.165) is 24.0 Å². The minimum Gasteiger partial charge on any atom is -0.340 e. The molecular weight excluding hydrogens is 274 g/mol. The highest BCUT2D eigenvalue weighted by Gasteiger charge is 2.25. The Morgan fingerprint density at radius 1 is 1.53 bits per heavy atom. The van der Waals surface area contributed by atoms with Gasteiger partial charge in [-0.15, -0.1) is 0 Å². The Bertz CT molecular complexity index is 199. The Hall–Kier alpha value is 0.300. The zero-order chi connectivity index (χ0) is 11.1. The van der Waals surface area contributed by atoms with E-state index in [2.05, 4.69) is 27.1 Å². The van der Waals surface area contributed by atoms with Crippen LogP contribution in [0.3, 0.4) is 0 Å². The highest BCUT2D eigenvalue weighted by atomic mass is 79.9. The highest BCUT2D eigenvalue weighted by Crippen LogP contribution is 2.21. The van der Waals surface area contributed by atoms with Crippen molar-refractivity contribution in [3.05, 3.63) is 0 Å². The van der Waals surface area contributed by atoms with Crippen molar-refractivity contribution in [3.8, 4) is 0 Å². The molecule has 1 saturated heterocycles. The van der Waals surface area contributed by atoms with E-state index in [0.29, 0.717) is 18.4 Å². The van der Waals surface area contributed by atoms with Crippen LogP contribution in [0.4, 0.5) is 0 Å². The molecule has 1 unspecified atom stereocenters. The quantitative estimate of drug-likeness (QED) is 0.727. The summed E-state index contributed by atoms with van der Waals surface area (Å²) in [5, 5.41) is 1.00. The number of rotatable bonds is 5. The Morgan fingerprint density at radius 2 is 2.33 bits per heavy atom. The SMILES string of the molecule is CSCCC(=O)N1CCCCC1CCBr. The van der Waals surface area contributed by atoms with Crippen molar-refractivity contribution in [2.24, 2.45) is 0 Å². The Balaban J connectivity index is 2.43. The van der Waals surface area contributed by atoms with Crippen molar-refractivity contribution in [3.63, 3.8) is 0 Å². The summed E-state index contributed by atoms with van der Waals surface area (Å²) in [6.45, 7) is 0.977. The van der Waals surface area contributed by atoms with E-state index in [1.165, 1.54) is 19.3 Å². The maximum absolute atomic E-state index is 11.9. The first-order chi connectivity index (χ1) is 7.29. The fourth-order valence-electron chi connectivity index (χ4n) is 2.09. The lowest BCUT2D eigenvalue weighted by atomic mass is 10.00. The molecule has 4 heteroatoms. The number of hydrogen-bond donors (Lipinski definition) is 0. The normalized spacial score (nSPS) is 21.7. The molecule has 0 aromatic rings. The molecule has 1 atom stereocenters. The summed E-state index contributed by atoms with van der Waals surface area (Å²) in [6.07, 6.45) is 7.52. The largest absolute Gasteiger partial charge is 0.340 e. The molecule has 0 bridgehead atoms. The average molecular weight is 294 g/mol. The molecule has 1 aliphatic rings. The van der Waals surface area contributed by atoms with Crippen molar-refractivity contribution in [1.82, 2.24) is 4.90 Å². The Morgan fingerprint density at radius 3 is 3.00 bits per heavy atom. The van der Waals surface area contributed by atoms with Crippen molar-refractivity contribution in [1.29, 1.82) is 0 Å². The zero-order valence-corrected chi connectivity index (χ0v) is 11.8. The van der Waals surface area contributed by atoms with Gasteiger partial charge in [-0.25, -0.2) is 0 Å². The number of likely N-dealkylation sites (tertiary alicyclic amines) is 1. The molecular formula is C11H20BrNOS.